The number of halogens is 3. The molecular weight excluding hydrogens is 469 g/mol. The first-order valence-corrected chi connectivity index (χ1v) is 11.2. The molecule has 0 bridgehead atoms. The number of benzene rings is 2. The van der Waals surface area contributed by atoms with Gasteiger partial charge in [-0.25, -0.2) is 8.42 Å². The summed E-state index contributed by atoms with van der Waals surface area (Å²) in [7, 11) is -4.42. The summed E-state index contributed by atoms with van der Waals surface area (Å²) in [5.41, 5.74) is 1.99. The molecule has 0 radical (unpaired) electrons. The quantitative estimate of drug-likeness (QED) is 0.463. The molecule has 0 saturated carbocycles. The summed E-state index contributed by atoms with van der Waals surface area (Å²) < 4.78 is 82.3. The van der Waals surface area contributed by atoms with Gasteiger partial charge in [-0.15, -0.1) is 18.0 Å². The zero-order valence-corrected chi connectivity index (χ0v) is 18.8. The van der Waals surface area contributed by atoms with Crippen molar-refractivity contribution < 1.29 is 45.3 Å². The van der Waals surface area contributed by atoms with Crippen LogP contribution in [-0.2, 0) is 10.0 Å². The summed E-state index contributed by atoms with van der Waals surface area (Å²) in [6.07, 6.45) is -4.99. The van der Waals surface area contributed by atoms with E-state index in [4.69, 9.17) is 14.2 Å². The molecule has 0 aromatic heterocycles. The maximum absolute atomic E-state index is 12.6. The van der Waals surface area contributed by atoms with Crippen LogP contribution >= 0.6 is 0 Å². The van der Waals surface area contributed by atoms with Crippen LogP contribution in [0, 0.1) is 0 Å². The molecule has 0 aliphatic carbocycles. The highest BCUT2D eigenvalue weighted by Crippen LogP contribution is 2.39. The van der Waals surface area contributed by atoms with Crippen LogP contribution in [0.4, 0.5) is 13.2 Å². The first-order chi connectivity index (χ1) is 15.5. The summed E-state index contributed by atoms with van der Waals surface area (Å²) in [5, 5.41) is 0. The van der Waals surface area contributed by atoms with E-state index in [1.54, 1.807) is 20.8 Å². The van der Waals surface area contributed by atoms with Crippen LogP contribution in [0.2, 0.25) is 0 Å². The number of alkyl halides is 3. The Morgan fingerprint density at radius 2 is 1.52 bits per heavy atom. The Balaban J connectivity index is 2.25. The molecule has 13 heteroatoms. The number of hydrazine groups is 1. The van der Waals surface area contributed by atoms with Crippen molar-refractivity contribution in [3.63, 3.8) is 0 Å². The molecule has 9 nitrogen and oxygen atoms in total. The van der Waals surface area contributed by atoms with E-state index < -0.39 is 32.9 Å². The molecule has 0 atom stereocenters. The Labute approximate surface area is 188 Å². The highest BCUT2D eigenvalue weighted by Gasteiger charge is 2.31. The fourth-order valence-corrected chi connectivity index (χ4v) is 3.48. The molecule has 0 unspecified atom stereocenters. The van der Waals surface area contributed by atoms with Crippen LogP contribution in [-0.4, -0.2) is 40.5 Å². The Kier molecular flexibility index (Phi) is 8.76. The maximum Gasteiger partial charge on any atom is 0.573 e. The average Bonchev–Trinajstić information content (AvgIpc) is 2.73. The van der Waals surface area contributed by atoms with Gasteiger partial charge in [0.05, 0.1) is 24.7 Å². The number of amides is 1. The fraction of sp³-hybridized carbons (Fsp3) is 0.350. The molecule has 2 rings (SSSR count). The minimum atomic E-state index is -4.99. The van der Waals surface area contributed by atoms with Crippen molar-refractivity contribution in [2.75, 3.05) is 19.8 Å². The van der Waals surface area contributed by atoms with Gasteiger partial charge in [0.25, 0.3) is 15.9 Å². The van der Waals surface area contributed by atoms with Gasteiger partial charge in [-0.2, -0.15) is 0 Å². The summed E-state index contributed by atoms with van der Waals surface area (Å²) in [5.74, 6) is -0.873. The van der Waals surface area contributed by atoms with Gasteiger partial charge >= 0.3 is 6.36 Å². The largest absolute Gasteiger partial charge is 0.573 e. The van der Waals surface area contributed by atoms with Crippen molar-refractivity contribution in [1.82, 2.24) is 10.3 Å². The molecule has 182 valence electrons. The summed E-state index contributed by atoms with van der Waals surface area (Å²) in [6, 6.07) is 6.40. The van der Waals surface area contributed by atoms with E-state index in [2.05, 4.69) is 4.74 Å². The van der Waals surface area contributed by atoms with Gasteiger partial charge in [-0.05, 0) is 45.0 Å². The lowest BCUT2D eigenvalue weighted by Crippen LogP contribution is -2.41. The van der Waals surface area contributed by atoms with Gasteiger partial charge in [0.15, 0.2) is 11.5 Å². The van der Waals surface area contributed by atoms with E-state index in [1.807, 2.05) is 10.3 Å². The SMILES string of the molecule is CCOc1cc(C(=O)NNS(=O)(=O)c2cccc(OC(F)(F)F)c2)cc(OCC)c1OCC. The lowest BCUT2D eigenvalue weighted by Gasteiger charge is -2.17. The van der Waals surface area contributed by atoms with E-state index in [0.717, 1.165) is 18.2 Å². The molecular formula is C20H23F3N2O7S. The number of carbonyl (C=O) groups is 1. The number of ether oxygens (including phenoxy) is 4. The summed E-state index contributed by atoms with van der Waals surface area (Å²) in [4.78, 5) is 13.9. The molecule has 0 saturated heterocycles. The van der Waals surface area contributed by atoms with Crippen molar-refractivity contribution in [2.45, 2.75) is 32.0 Å². The smallest absolute Gasteiger partial charge is 0.490 e. The van der Waals surface area contributed by atoms with Crippen molar-refractivity contribution in [2.24, 2.45) is 0 Å². The lowest BCUT2D eigenvalue weighted by molar-refractivity contribution is -0.274. The highest BCUT2D eigenvalue weighted by atomic mass is 32.2. The molecule has 2 aromatic rings. The first kappa shape index (κ1) is 26.1. The standard InChI is InChI=1S/C20H23F3N2O7S/c1-4-29-16-10-13(11-17(30-5-2)18(16)31-6-3)19(26)24-25-33(27,28)15-9-7-8-14(12-15)32-20(21,22)23/h7-12,25H,4-6H2,1-3H3,(H,24,26). The third-order valence-electron chi connectivity index (χ3n) is 3.82. The Morgan fingerprint density at radius 3 is 2.03 bits per heavy atom. The molecule has 0 spiro atoms. The zero-order chi connectivity index (χ0) is 24.6. The second-order valence-electron chi connectivity index (χ2n) is 6.18. The molecule has 1 amide bonds. The molecule has 0 aliphatic heterocycles. The molecule has 0 aliphatic rings. The molecule has 2 aromatic carbocycles. The van der Waals surface area contributed by atoms with E-state index >= 15 is 0 Å². The van der Waals surface area contributed by atoms with Crippen LogP contribution < -0.4 is 29.2 Å². The van der Waals surface area contributed by atoms with Gasteiger partial charge < -0.3 is 18.9 Å². The zero-order valence-electron chi connectivity index (χ0n) is 18.0. The normalized spacial score (nSPS) is 11.6. The highest BCUT2D eigenvalue weighted by molar-refractivity contribution is 7.89. The second-order valence-corrected chi connectivity index (χ2v) is 7.87. The van der Waals surface area contributed by atoms with Crippen LogP contribution in [0.1, 0.15) is 31.1 Å². The summed E-state index contributed by atoms with van der Waals surface area (Å²) in [6.45, 7) is 6.05. The van der Waals surface area contributed by atoms with Crippen molar-refractivity contribution in [1.29, 1.82) is 0 Å². The van der Waals surface area contributed by atoms with Crippen LogP contribution in [0.3, 0.4) is 0 Å². The molecule has 33 heavy (non-hydrogen) atoms. The third kappa shape index (κ3) is 7.43. The fourth-order valence-electron chi connectivity index (χ4n) is 2.60. The third-order valence-corrected chi connectivity index (χ3v) is 5.06. The molecule has 0 heterocycles. The number of hydrogen-bond donors (Lipinski definition) is 2. The number of rotatable bonds is 11. The van der Waals surface area contributed by atoms with Gasteiger partial charge in [0.1, 0.15) is 5.75 Å². The van der Waals surface area contributed by atoms with Crippen LogP contribution in [0.25, 0.3) is 0 Å². The van der Waals surface area contributed by atoms with Gasteiger partial charge in [0, 0.05) is 11.6 Å². The number of sulfonamides is 1. The van der Waals surface area contributed by atoms with Gasteiger partial charge in [-0.3, -0.25) is 10.2 Å². The lowest BCUT2D eigenvalue weighted by atomic mass is 10.1. The second kappa shape index (κ2) is 11.1. The Morgan fingerprint density at radius 1 is 0.939 bits per heavy atom. The van der Waals surface area contributed by atoms with E-state index in [0.29, 0.717) is 18.4 Å². The monoisotopic (exact) mass is 492 g/mol. The number of nitrogens with one attached hydrogen (secondary N) is 2. The van der Waals surface area contributed by atoms with Crippen LogP contribution in [0.5, 0.6) is 23.0 Å². The predicted octanol–water partition coefficient (Wildman–Crippen LogP) is 3.40. The Bertz CT molecular complexity index is 1050. The number of hydrogen-bond acceptors (Lipinski definition) is 7. The minimum absolute atomic E-state index is 0.0118. The van der Waals surface area contributed by atoms with E-state index in [-0.39, 0.29) is 30.3 Å². The molecule has 2 N–H and O–H groups in total. The maximum atomic E-state index is 12.6. The Hall–Kier alpha value is -3.19. The van der Waals surface area contributed by atoms with Gasteiger partial charge in [-0.1, -0.05) is 6.07 Å². The average molecular weight is 492 g/mol. The van der Waals surface area contributed by atoms with Gasteiger partial charge in [0.2, 0.25) is 5.75 Å². The van der Waals surface area contributed by atoms with E-state index in [1.165, 1.54) is 12.1 Å². The van der Waals surface area contributed by atoms with Crippen molar-refractivity contribution in [3.05, 3.63) is 42.0 Å². The van der Waals surface area contributed by atoms with Crippen molar-refractivity contribution >= 4 is 15.9 Å². The van der Waals surface area contributed by atoms with Crippen molar-refractivity contribution in [3.8, 4) is 23.0 Å². The topological polar surface area (TPSA) is 112 Å². The molecule has 0 fully saturated rings. The predicted molar refractivity (Wildman–Crippen MR) is 111 cm³/mol. The summed E-state index contributed by atoms with van der Waals surface area (Å²) >= 11 is 0. The number of carbonyl (C=O) groups excluding carboxylic acids is 1. The van der Waals surface area contributed by atoms with E-state index in [9.17, 15) is 26.4 Å². The first-order valence-electron chi connectivity index (χ1n) is 9.75. The minimum Gasteiger partial charge on any atom is -0.490 e. The van der Waals surface area contributed by atoms with Crippen LogP contribution in [0.15, 0.2) is 41.3 Å².